The van der Waals surface area contributed by atoms with Crippen LogP contribution in [0.4, 0.5) is 22.0 Å². The smallest absolute Gasteiger partial charge is 0.376 e. The predicted octanol–water partition coefficient (Wildman–Crippen LogP) is 4.86. The van der Waals surface area contributed by atoms with Gasteiger partial charge in [0, 0.05) is 19.8 Å². The summed E-state index contributed by atoms with van der Waals surface area (Å²) in [6.45, 7) is 7.86. The van der Waals surface area contributed by atoms with Gasteiger partial charge in [-0.25, -0.2) is 22.0 Å². The molecular formula is C18H21F5O3Si. The molecule has 0 bridgehead atoms. The van der Waals surface area contributed by atoms with Crippen molar-refractivity contribution in [2.24, 2.45) is 0 Å². The molecule has 0 aromatic heterocycles. The second-order valence-corrected chi connectivity index (χ2v) is 6.54. The molecule has 3 nitrogen and oxygen atoms in total. The second-order valence-electron chi connectivity index (χ2n) is 4.97. The normalized spacial score (nSPS) is 10.7. The number of halogens is 5. The van der Waals surface area contributed by atoms with Crippen LogP contribution in [-0.4, -0.2) is 29.3 Å². The summed E-state index contributed by atoms with van der Waals surface area (Å²) in [5.74, 6) is -9.69. The Morgan fingerprint density at radius 1 is 0.630 bits per heavy atom. The minimum atomic E-state index is -2.15. The number of hydrogen-bond acceptors (Lipinski definition) is 3. The molecule has 150 valence electrons. The first-order valence-corrected chi connectivity index (χ1v) is 9.71. The second kappa shape index (κ2) is 11.8. The van der Waals surface area contributed by atoms with E-state index in [1.54, 1.807) is 6.07 Å². The maximum atomic E-state index is 13.4. The average Bonchev–Trinajstić information content (AvgIpc) is 2.67. The number of benzene rings is 2. The SMILES string of the molecule is CCO[SiH](OCC)OCC.Fc1c(F)c(F)c(-c2ccccc2)c(F)c1F. The van der Waals surface area contributed by atoms with Crippen molar-refractivity contribution >= 4 is 9.53 Å². The molecule has 0 unspecified atom stereocenters. The zero-order valence-corrected chi connectivity index (χ0v) is 16.4. The van der Waals surface area contributed by atoms with E-state index in [9.17, 15) is 22.0 Å². The van der Waals surface area contributed by atoms with Gasteiger partial charge >= 0.3 is 9.53 Å². The lowest BCUT2D eigenvalue weighted by atomic mass is 10.0. The van der Waals surface area contributed by atoms with Crippen molar-refractivity contribution in [2.45, 2.75) is 20.8 Å². The molecule has 0 aliphatic carbocycles. The Morgan fingerprint density at radius 2 is 1.00 bits per heavy atom. The van der Waals surface area contributed by atoms with Crippen LogP contribution in [0.1, 0.15) is 20.8 Å². The van der Waals surface area contributed by atoms with E-state index in [1.165, 1.54) is 24.3 Å². The summed E-state index contributed by atoms with van der Waals surface area (Å²) in [6, 6.07) is 6.97. The molecule has 0 radical (unpaired) electrons. The van der Waals surface area contributed by atoms with E-state index in [1.807, 2.05) is 20.8 Å². The molecule has 0 atom stereocenters. The van der Waals surface area contributed by atoms with Gasteiger partial charge in [-0.15, -0.1) is 0 Å². The van der Waals surface area contributed by atoms with E-state index in [0.29, 0.717) is 19.8 Å². The van der Waals surface area contributed by atoms with Crippen LogP contribution in [0.15, 0.2) is 30.3 Å². The van der Waals surface area contributed by atoms with Crippen LogP contribution in [0.5, 0.6) is 0 Å². The lowest BCUT2D eigenvalue weighted by Gasteiger charge is -2.12. The van der Waals surface area contributed by atoms with Crippen LogP contribution in [0.3, 0.4) is 0 Å². The standard InChI is InChI=1S/C12H5F5.C6H16O3Si/c13-8-7(6-4-2-1-3-5-6)9(14)11(16)12(17)10(8)15;1-4-7-10(8-5-2)9-6-3/h1-5H;10H,4-6H2,1-3H3. The minimum absolute atomic E-state index is 0.0692. The van der Waals surface area contributed by atoms with E-state index < -0.39 is 44.2 Å². The Kier molecular flexibility index (Phi) is 10.2. The molecule has 2 rings (SSSR count). The van der Waals surface area contributed by atoms with Gasteiger partial charge in [0.25, 0.3) is 0 Å². The van der Waals surface area contributed by atoms with Gasteiger partial charge in [0.2, 0.25) is 5.82 Å². The molecule has 0 N–H and O–H groups in total. The van der Waals surface area contributed by atoms with E-state index in [-0.39, 0.29) is 5.56 Å². The van der Waals surface area contributed by atoms with Crippen molar-refractivity contribution in [2.75, 3.05) is 19.8 Å². The Balaban J connectivity index is 0.000000314. The molecule has 27 heavy (non-hydrogen) atoms. The van der Waals surface area contributed by atoms with Gasteiger partial charge in [-0.3, -0.25) is 0 Å². The van der Waals surface area contributed by atoms with E-state index in [0.717, 1.165) is 0 Å². The van der Waals surface area contributed by atoms with Crippen molar-refractivity contribution in [3.63, 3.8) is 0 Å². The van der Waals surface area contributed by atoms with Crippen LogP contribution < -0.4 is 0 Å². The molecule has 0 aliphatic heterocycles. The minimum Gasteiger partial charge on any atom is -0.376 e. The summed E-state index contributed by atoms with van der Waals surface area (Å²) >= 11 is 0. The molecular weight excluding hydrogens is 387 g/mol. The maximum absolute atomic E-state index is 13.4. The van der Waals surface area contributed by atoms with Gasteiger partial charge in [0.1, 0.15) is 0 Å². The third-order valence-electron chi connectivity index (χ3n) is 3.18. The molecule has 0 saturated heterocycles. The zero-order chi connectivity index (χ0) is 20.4. The van der Waals surface area contributed by atoms with Gasteiger partial charge in [-0.05, 0) is 26.3 Å². The highest BCUT2D eigenvalue weighted by Crippen LogP contribution is 2.31. The van der Waals surface area contributed by atoms with Gasteiger partial charge in [0.15, 0.2) is 23.3 Å². The maximum Gasteiger partial charge on any atom is 0.484 e. The topological polar surface area (TPSA) is 27.7 Å². The summed E-state index contributed by atoms with van der Waals surface area (Å²) in [5, 5.41) is 0. The molecule has 2 aromatic rings. The fraction of sp³-hybridized carbons (Fsp3) is 0.333. The van der Waals surface area contributed by atoms with Crippen molar-refractivity contribution in [3.8, 4) is 11.1 Å². The Labute approximate surface area is 156 Å². The molecule has 0 amide bonds. The summed E-state index contributed by atoms with van der Waals surface area (Å²) in [6.07, 6.45) is 0. The molecule has 0 spiro atoms. The van der Waals surface area contributed by atoms with Crippen LogP contribution in [-0.2, 0) is 13.3 Å². The molecule has 0 heterocycles. The largest absolute Gasteiger partial charge is 0.484 e. The van der Waals surface area contributed by atoms with E-state index in [2.05, 4.69) is 0 Å². The van der Waals surface area contributed by atoms with Gasteiger partial charge in [-0.2, -0.15) is 0 Å². The fourth-order valence-electron chi connectivity index (χ4n) is 2.02. The molecule has 0 fully saturated rings. The zero-order valence-electron chi connectivity index (χ0n) is 15.2. The predicted molar refractivity (Wildman–Crippen MR) is 93.7 cm³/mol. The molecule has 9 heteroatoms. The highest BCUT2D eigenvalue weighted by Gasteiger charge is 2.26. The molecule has 0 aliphatic rings. The summed E-state index contributed by atoms with van der Waals surface area (Å²) in [5.41, 5.74) is -0.984. The number of rotatable bonds is 7. The quantitative estimate of drug-likeness (QED) is 0.283. The third-order valence-corrected chi connectivity index (χ3v) is 5.00. The van der Waals surface area contributed by atoms with E-state index in [4.69, 9.17) is 13.3 Å². The van der Waals surface area contributed by atoms with Crippen LogP contribution in [0.25, 0.3) is 11.1 Å². The lowest BCUT2D eigenvalue weighted by Crippen LogP contribution is -2.27. The highest BCUT2D eigenvalue weighted by molar-refractivity contribution is 6.36. The summed E-state index contributed by atoms with van der Waals surface area (Å²) < 4.78 is 81.0. The van der Waals surface area contributed by atoms with Gasteiger partial charge < -0.3 is 13.3 Å². The van der Waals surface area contributed by atoms with Crippen molar-refractivity contribution < 1.29 is 35.2 Å². The fourth-order valence-corrected chi connectivity index (χ4v) is 3.12. The first kappa shape index (κ1) is 23.2. The Bertz CT molecular complexity index is 673. The molecule has 0 saturated carbocycles. The number of hydrogen-bond donors (Lipinski definition) is 0. The first-order chi connectivity index (χ1) is 12.9. The summed E-state index contributed by atoms with van der Waals surface area (Å²) in [7, 11) is -1.73. The molecule has 2 aromatic carbocycles. The van der Waals surface area contributed by atoms with Crippen LogP contribution in [0, 0.1) is 29.1 Å². The highest BCUT2D eigenvalue weighted by atomic mass is 28.3. The Morgan fingerprint density at radius 3 is 1.37 bits per heavy atom. The van der Waals surface area contributed by atoms with Crippen LogP contribution in [0.2, 0.25) is 0 Å². The van der Waals surface area contributed by atoms with Crippen molar-refractivity contribution in [3.05, 3.63) is 59.4 Å². The van der Waals surface area contributed by atoms with Crippen molar-refractivity contribution in [1.29, 1.82) is 0 Å². The third kappa shape index (κ3) is 6.38. The Hall–Kier alpha value is -1.81. The van der Waals surface area contributed by atoms with Crippen molar-refractivity contribution in [1.82, 2.24) is 0 Å². The average molecular weight is 408 g/mol. The van der Waals surface area contributed by atoms with E-state index >= 15 is 0 Å². The van der Waals surface area contributed by atoms with Crippen LogP contribution >= 0.6 is 0 Å². The van der Waals surface area contributed by atoms with Gasteiger partial charge in [0.05, 0.1) is 5.56 Å². The monoisotopic (exact) mass is 408 g/mol. The lowest BCUT2D eigenvalue weighted by molar-refractivity contribution is 0.107. The first-order valence-electron chi connectivity index (χ1n) is 8.30. The summed E-state index contributed by atoms with van der Waals surface area (Å²) in [4.78, 5) is 0. The van der Waals surface area contributed by atoms with Gasteiger partial charge in [-0.1, -0.05) is 30.3 Å².